The first-order chi connectivity index (χ1) is 13.1. The number of nitrogens with one attached hydrogen (secondary N) is 1. The van der Waals surface area contributed by atoms with Gasteiger partial charge in [0.2, 0.25) is 0 Å². The van der Waals surface area contributed by atoms with E-state index in [9.17, 15) is 32.3 Å². The molecule has 0 spiro atoms. The van der Waals surface area contributed by atoms with Crippen molar-refractivity contribution in [2.75, 3.05) is 7.11 Å². The van der Waals surface area contributed by atoms with Crippen LogP contribution in [-0.2, 0) is 26.9 Å². The fourth-order valence-electron chi connectivity index (χ4n) is 2.48. The van der Waals surface area contributed by atoms with Crippen molar-refractivity contribution in [3.05, 3.63) is 71.0 Å². The molecule has 5 nitrogen and oxygen atoms in total. The van der Waals surface area contributed by atoms with Crippen molar-refractivity contribution in [2.45, 2.75) is 24.7 Å². The van der Waals surface area contributed by atoms with Gasteiger partial charge in [0.15, 0.2) is 6.10 Å². The van der Waals surface area contributed by atoms with Crippen LogP contribution in [0.15, 0.2) is 48.5 Å². The topological polar surface area (TPSA) is 75.6 Å². The van der Waals surface area contributed by atoms with E-state index in [0.29, 0.717) is 0 Å². The quantitative estimate of drug-likeness (QED) is 0.579. The Morgan fingerprint density at radius 2 is 1.71 bits per heavy atom. The van der Waals surface area contributed by atoms with Crippen LogP contribution in [0.25, 0.3) is 0 Å². The second kappa shape index (κ2) is 8.83. The van der Waals surface area contributed by atoms with Crippen LogP contribution in [0.4, 0.5) is 17.6 Å². The number of halogens is 4. The summed E-state index contributed by atoms with van der Waals surface area (Å²) in [6, 6.07) is 7.68. The molecule has 150 valence electrons. The van der Waals surface area contributed by atoms with Gasteiger partial charge in [-0.15, -0.1) is 0 Å². The van der Waals surface area contributed by atoms with Gasteiger partial charge in [-0.3, -0.25) is 4.79 Å². The molecule has 0 saturated carbocycles. The number of esters is 1. The fraction of sp³-hybridized carbons (Fsp3) is 0.263. The number of aliphatic hydroxyl groups excluding tert-OH is 1. The summed E-state index contributed by atoms with van der Waals surface area (Å²) >= 11 is 0. The Balaban J connectivity index is 2.14. The zero-order valence-corrected chi connectivity index (χ0v) is 14.7. The molecule has 0 aliphatic heterocycles. The van der Waals surface area contributed by atoms with E-state index < -0.39 is 41.6 Å². The van der Waals surface area contributed by atoms with Crippen molar-refractivity contribution in [3.8, 4) is 0 Å². The van der Waals surface area contributed by atoms with Gasteiger partial charge in [-0.05, 0) is 29.3 Å². The van der Waals surface area contributed by atoms with Gasteiger partial charge >= 0.3 is 12.1 Å². The minimum absolute atomic E-state index is 0.0972. The van der Waals surface area contributed by atoms with Gasteiger partial charge in [-0.25, -0.2) is 9.18 Å². The molecule has 2 rings (SSSR count). The normalized spacial score (nSPS) is 13.5. The van der Waals surface area contributed by atoms with E-state index in [1.165, 1.54) is 18.2 Å². The molecule has 0 bridgehead atoms. The molecular weight excluding hydrogens is 382 g/mol. The number of hydrogen-bond acceptors (Lipinski definition) is 4. The fourth-order valence-corrected chi connectivity index (χ4v) is 2.48. The third-order valence-electron chi connectivity index (χ3n) is 3.99. The summed E-state index contributed by atoms with van der Waals surface area (Å²) in [5, 5.41) is 12.3. The van der Waals surface area contributed by atoms with Crippen molar-refractivity contribution in [1.29, 1.82) is 0 Å². The minimum atomic E-state index is -4.55. The van der Waals surface area contributed by atoms with E-state index in [2.05, 4.69) is 10.1 Å². The van der Waals surface area contributed by atoms with Gasteiger partial charge in [0.1, 0.15) is 11.9 Å². The number of amides is 1. The molecule has 0 aliphatic carbocycles. The molecule has 1 amide bonds. The van der Waals surface area contributed by atoms with E-state index in [4.69, 9.17) is 0 Å². The summed E-state index contributed by atoms with van der Waals surface area (Å²) in [5.74, 6) is -2.49. The Bertz CT molecular complexity index is 837. The average Bonchev–Trinajstić information content (AvgIpc) is 2.67. The number of carbonyl (C=O) groups excluding carboxylic acids is 2. The molecule has 0 aromatic heterocycles. The monoisotopic (exact) mass is 399 g/mol. The van der Waals surface area contributed by atoms with Gasteiger partial charge in [-0.2, -0.15) is 13.2 Å². The summed E-state index contributed by atoms with van der Waals surface area (Å²) < 4.78 is 56.2. The first-order valence-corrected chi connectivity index (χ1v) is 8.10. The number of methoxy groups -OCH3 is 1. The highest BCUT2D eigenvalue weighted by molar-refractivity contribution is 5.87. The van der Waals surface area contributed by atoms with Crippen LogP contribution in [0.2, 0.25) is 0 Å². The van der Waals surface area contributed by atoms with Crippen molar-refractivity contribution >= 4 is 11.9 Å². The van der Waals surface area contributed by atoms with Crippen LogP contribution >= 0.6 is 0 Å². The standard InChI is InChI=1S/C19H17F4NO4/c1-28-18(27)15(10-12-4-2-3-5-14(12)20)24-17(26)16(25)11-6-8-13(9-7-11)19(21,22)23/h2-9,15-16,25H,10H2,1H3,(H,24,26)/t15-,16+/m1/s1. The highest BCUT2D eigenvalue weighted by Crippen LogP contribution is 2.30. The Labute approximate surface area is 157 Å². The molecule has 28 heavy (non-hydrogen) atoms. The van der Waals surface area contributed by atoms with Gasteiger partial charge in [0.25, 0.3) is 5.91 Å². The van der Waals surface area contributed by atoms with E-state index in [-0.39, 0.29) is 17.5 Å². The molecule has 0 saturated heterocycles. The lowest BCUT2D eigenvalue weighted by molar-refractivity contribution is -0.146. The molecule has 9 heteroatoms. The van der Waals surface area contributed by atoms with E-state index in [1.807, 2.05) is 0 Å². The third kappa shape index (κ3) is 5.29. The zero-order valence-electron chi connectivity index (χ0n) is 14.7. The summed E-state index contributed by atoms with van der Waals surface area (Å²) in [7, 11) is 1.08. The molecule has 2 aromatic carbocycles. The SMILES string of the molecule is COC(=O)[C@@H](Cc1ccccc1F)NC(=O)[C@@H](O)c1ccc(C(F)(F)F)cc1. The number of rotatable bonds is 6. The van der Waals surface area contributed by atoms with Gasteiger partial charge < -0.3 is 15.2 Å². The minimum Gasteiger partial charge on any atom is -0.467 e. The number of aliphatic hydroxyl groups is 1. The predicted molar refractivity (Wildman–Crippen MR) is 90.5 cm³/mol. The Morgan fingerprint density at radius 3 is 2.25 bits per heavy atom. The van der Waals surface area contributed by atoms with Crippen LogP contribution in [0.1, 0.15) is 22.8 Å². The number of carbonyl (C=O) groups is 2. The van der Waals surface area contributed by atoms with E-state index in [0.717, 1.165) is 31.4 Å². The summed E-state index contributed by atoms with van der Waals surface area (Å²) in [4.78, 5) is 24.2. The first-order valence-electron chi connectivity index (χ1n) is 8.10. The lowest BCUT2D eigenvalue weighted by Crippen LogP contribution is -2.45. The molecule has 0 heterocycles. The van der Waals surface area contributed by atoms with Crippen molar-refractivity contribution in [1.82, 2.24) is 5.32 Å². The molecule has 0 aliphatic rings. The molecule has 2 atom stereocenters. The maximum absolute atomic E-state index is 13.8. The predicted octanol–water partition coefficient (Wildman–Crippen LogP) is 2.78. The maximum Gasteiger partial charge on any atom is 0.416 e. The number of hydrogen-bond donors (Lipinski definition) is 2. The number of alkyl halides is 3. The van der Waals surface area contributed by atoms with Crippen molar-refractivity contribution in [3.63, 3.8) is 0 Å². The Kier molecular flexibility index (Phi) is 6.74. The summed E-state index contributed by atoms with van der Waals surface area (Å²) in [6.45, 7) is 0. The summed E-state index contributed by atoms with van der Waals surface area (Å²) in [5.41, 5.74) is -0.891. The number of ether oxygens (including phenoxy) is 1. The van der Waals surface area contributed by atoms with Crippen LogP contribution in [0.3, 0.4) is 0 Å². The smallest absolute Gasteiger partial charge is 0.416 e. The van der Waals surface area contributed by atoms with Crippen LogP contribution in [-0.4, -0.2) is 30.1 Å². The highest BCUT2D eigenvalue weighted by atomic mass is 19.4. The molecule has 2 aromatic rings. The molecular formula is C19H17F4NO4. The van der Waals surface area contributed by atoms with Crippen LogP contribution in [0.5, 0.6) is 0 Å². The largest absolute Gasteiger partial charge is 0.467 e. The van der Waals surface area contributed by atoms with Gasteiger partial charge in [-0.1, -0.05) is 30.3 Å². The van der Waals surface area contributed by atoms with E-state index >= 15 is 0 Å². The van der Waals surface area contributed by atoms with Crippen LogP contribution in [0, 0.1) is 5.82 Å². The highest BCUT2D eigenvalue weighted by Gasteiger charge is 2.31. The lowest BCUT2D eigenvalue weighted by atomic mass is 10.0. The van der Waals surface area contributed by atoms with E-state index in [1.54, 1.807) is 6.07 Å². The molecule has 0 radical (unpaired) electrons. The molecule has 2 N–H and O–H groups in total. The molecule has 0 unspecified atom stereocenters. The Morgan fingerprint density at radius 1 is 1.11 bits per heavy atom. The zero-order chi connectivity index (χ0) is 20.9. The first kappa shape index (κ1) is 21.4. The Hall–Kier alpha value is -2.94. The summed E-state index contributed by atoms with van der Waals surface area (Å²) in [6.07, 6.45) is -6.61. The molecule has 0 fully saturated rings. The second-order valence-corrected chi connectivity index (χ2v) is 5.90. The van der Waals surface area contributed by atoms with Crippen molar-refractivity contribution in [2.24, 2.45) is 0 Å². The lowest BCUT2D eigenvalue weighted by Gasteiger charge is -2.19. The van der Waals surface area contributed by atoms with Gasteiger partial charge in [0, 0.05) is 6.42 Å². The van der Waals surface area contributed by atoms with Crippen molar-refractivity contribution < 1.29 is 37.0 Å². The third-order valence-corrected chi connectivity index (χ3v) is 3.99. The van der Waals surface area contributed by atoms with Crippen LogP contribution < -0.4 is 5.32 Å². The van der Waals surface area contributed by atoms with Gasteiger partial charge in [0.05, 0.1) is 12.7 Å². The number of benzene rings is 2. The average molecular weight is 399 g/mol. The maximum atomic E-state index is 13.8. The second-order valence-electron chi connectivity index (χ2n) is 5.90.